The van der Waals surface area contributed by atoms with Gasteiger partial charge >= 0.3 is 0 Å². The fourth-order valence-electron chi connectivity index (χ4n) is 2.24. The van der Waals surface area contributed by atoms with Crippen LogP contribution in [0, 0.1) is 6.92 Å². The number of aromatic nitrogens is 1. The molecule has 0 aliphatic heterocycles. The molecule has 0 aliphatic rings. The molecule has 1 aromatic carbocycles. The maximum absolute atomic E-state index is 8.71. The molecule has 0 bridgehead atoms. The molecule has 0 saturated heterocycles. The Kier molecular flexibility index (Phi) is 4.90. The van der Waals surface area contributed by atoms with Gasteiger partial charge in [-0.05, 0) is 42.8 Å². The molecule has 5 heteroatoms. The van der Waals surface area contributed by atoms with Crippen molar-refractivity contribution in [1.82, 2.24) is 9.88 Å². The number of aryl methyl sites for hydroxylation is 1. The first-order valence-electron chi connectivity index (χ1n) is 6.75. The van der Waals surface area contributed by atoms with Gasteiger partial charge in [-0.2, -0.15) is 0 Å². The van der Waals surface area contributed by atoms with E-state index >= 15 is 0 Å². The summed E-state index contributed by atoms with van der Waals surface area (Å²) in [6.45, 7) is 3.70. The van der Waals surface area contributed by atoms with Gasteiger partial charge in [-0.15, -0.1) is 0 Å². The minimum atomic E-state index is 0.133. The minimum Gasteiger partial charge on any atom is -0.409 e. The van der Waals surface area contributed by atoms with Crippen LogP contribution in [-0.4, -0.2) is 28.0 Å². The lowest BCUT2D eigenvalue weighted by Crippen LogP contribution is -2.18. The van der Waals surface area contributed by atoms with Crippen LogP contribution < -0.4 is 5.73 Å². The zero-order valence-electron chi connectivity index (χ0n) is 12.3. The van der Waals surface area contributed by atoms with Crippen molar-refractivity contribution in [3.05, 3.63) is 65.0 Å². The average Bonchev–Trinajstić information content (AvgIpc) is 2.49. The average molecular weight is 284 g/mol. The monoisotopic (exact) mass is 284 g/mol. The second-order valence-electron chi connectivity index (χ2n) is 5.16. The van der Waals surface area contributed by atoms with E-state index < -0.39 is 0 Å². The Hall–Kier alpha value is -2.40. The number of nitrogens with zero attached hydrogens (tertiary/aromatic N) is 3. The highest BCUT2D eigenvalue weighted by molar-refractivity contribution is 5.97. The molecule has 2 aromatic rings. The van der Waals surface area contributed by atoms with Crippen LogP contribution in [0.5, 0.6) is 0 Å². The lowest BCUT2D eigenvalue weighted by Gasteiger charge is -2.18. The third-order valence-corrected chi connectivity index (χ3v) is 3.36. The van der Waals surface area contributed by atoms with Crippen molar-refractivity contribution >= 4 is 5.84 Å². The number of oxime groups is 1. The summed E-state index contributed by atoms with van der Waals surface area (Å²) < 4.78 is 0. The Labute approximate surface area is 124 Å². The van der Waals surface area contributed by atoms with Crippen molar-refractivity contribution in [3.8, 4) is 0 Å². The Morgan fingerprint density at radius 3 is 2.76 bits per heavy atom. The maximum atomic E-state index is 8.71. The minimum absolute atomic E-state index is 0.133. The fraction of sp³-hybridized carbons (Fsp3) is 0.250. The zero-order valence-corrected chi connectivity index (χ0v) is 12.3. The van der Waals surface area contributed by atoms with E-state index in [4.69, 9.17) is 10.9 Å². The number of benzene rings is 1. The van der Waals surface area contributed by atoms with Gasteiger partial charge in [0.05, 0.1) is 0 Å². The number of hydrogen-bond donors (Lipinski definition) is 2. The smallest absolute Gasteiger partial charge is 0.170 e. The van der Waals surface area contributed by atoms with Crippen molar-refractivity contribution in [2.24, 2.45) is 10.9 Å². The summed E-state index contributed by atoms with van der Waals surface area (Å²) in [7, 11) is 2.07. The molecule has 0 aliphatic carbocycles. The van der Waals surface area contributed by atoms with E-state index in [-0.39, 0.29) is 5.84 Å². The highest BCUT2D eigenvalue weighted by atomic mass is 16.4. The molecule has 0 radical (unpaired) electrons. The number of nitrogens with two attached hydrogens (primary N) is 1. The van der Waals surface area contributed by atoms with Crippen LogP contribution in [0.15, 0.2) is 47.9 Å². The number of amidine groups is 1. The van der Waals surface area contributed by atoms with Crippen molar-refractivity contribution < 1.29 is 5.21 Å². The van der Waals surface area contributed by atoms with Crippen LogP contribution >= 0.6 is 0 Å². The molecule has 3 N–H and O–H groups in total. The van der Waals surface area contributed by atoms with E-state index in [9.17, 15) is 0 Å². The molecule has 1 heterocycles. The Balaban J connectivity index is 2.06. The number of pyridine rings is 1. The number of hydrogen-bond acceptors (Lipinski definition) is 4. The van der Waals surface area contributed by atoms with Crippen LogP contribution in [0.3, 0.4) is 0 Å². The quantitative estimate of drug-likeness (QED) is 0.382. The van der Waals surface area contributed by atoms with Gasteiger partial charge in [0, 0.05) is 31.0 Å². The van der Waals surface area contributed by atoms with Crippen LogP contribution in [0.4, 0.5) is 0 Å². The topological polar surface area (TPSA) is 74.7 Å². The van der Waals surface area contributed by atoms with Gasteiger partial charge in [0.2, 0.25) is 0 Å². The molecular weight excluding hydrogens is 264 g/mol. The van der Waals surface area contributed by atoms with Gasteiger partial charge in [0.15, 0.2) is 5.84 Å². The summed E-state index contributed by atoms with van der Waals surface area (Å²) >= 11 is 0. The lowest BCUT2D eigenvalue weighted by molar-refractivity contribution is 0.317. The van der Waals surface area contributed by atoms with Gasteiger partial charge in [-0.25, -0.2) is 0 Å². The lowest BCUT2D eigenvalue weighted by atomic mass is 10.0. The first kappa shape index (κ1) is 15.0. The van der Waals surface area contributed by atoms with E-state index in [0.29, 0.717) is 0 Å². The van der Waals surface area contributed by atoms with Gasteiger partial charge in [-0.3, -0.25) is 9.88 Å². The van der Waals surface area contributed by atoms with E-state index in [2.05, 4.69) is 28.2 Å². The van der Waals surface area contributed by atoms with Gasteiger partial charge in [-0.1, -0.05) is 23.4 Å². The molecule has 0 amide bonds. The fourth-order valence-corrected chi connectivity index (χ4v) is 2.24. The van der Waals surface area contributed by atoms with Crippen LogP contribution in [0.1, 0.15) is 22.3 Å². The van der Waals surface area contributed by atoms with Crippen LogP contribution in [0.2, 0.25) is 0 Å². The Morgan fingerprint density at radius 1 is 1.33 bits per heavy atom. The van der Waals surface area contributed by atoms with Gasteiger partial charge in [0.25, 0.3) is 0 Å². The molecule has 110 valence electrons. The van der Waals surface area contributed by atoms with Crippen LogP contribution in [-0.2, 0) is 13.1 Å². The molecule has 0 spiro atoms. The SMILES string of the molecule is Cc1cc(/C(N)=N/O)ccc1CN(C)Cc1cccnc1. The summed E-state index contributed by atoms with van der Waals surface area (Å²) in [6.07, 6.45) is 3.66. The molecule has 0 atom stereocenters. The van der Waals surface area contributed by atoms with E-state index in [1.165, 1.54) is 11.1 Å². The zero-order chi connectivity index (χ0) is 15.2. The molecule has 21 heavy (non-hydrogen) atoms. The summed E-state index contributed by atoms with van der Waals surface area (Å²) in [5.41, 5.74) is 9.86. The maximum Gasteiger partial charge on any atom is 0.170 e. The summed E-state index contributed by atoms with van der Waals surface area (Å²) in [6, 6.07) is 9.83. The Bertz CT molecular complexity index is 625. The van der Waals surface area contributed by atoms with E-state index in [1.54, 1.807) is 6.20 Å². The van der Waals surface area contributed by atoms with Gasteiger partial charge < -0.3 is 10.9 Å². The summed E-state index contributed by atoms with van der Waals surface area (Å²) in [5, 5.41) is 11.7. The highest BCUT2D eigenvalue weighted by Gasteiger charge is 2.07. The molecule has 0 saturated carbocycles. The van der Waals surface area contributed by atoms with Crippen molar-refractivity contribution in [1.29, 1.82) is 0 Å². The molecule has 2 rings (SSSR count). The van der Waals surface area contributed by atoms with Crippen molar-refractivity contribution in [3.63, 3.8) is 0 Å². The molecule has 1 aromatic heterocycles. The molecule has 0 unspecified atom stereocenters. The number of rotatable bonds is 5. The largest absolute Gasteiger partial charge is 0.409 e. The molecule has 0 fully saturated rings. The summed E-state index contributed by atoms with van der Waals surface area (Å²) in [5.74, 6) is 0.133. The first-order valence-corrected chi connectivity index (χ1v) is 6.75. The van der Waals surface area contributed by atoms with Crippen LogP contribution in [0.25, 0.3) is 0 Å². The first-order chi connectivity index (χ1) is 10.1. The predicted octanol–water partition coefficient (Wildman–Crippen LogP) is 2.12. The normalized spacial score (nSPS) is 11.9. The second kappa shape index (κ2) is 6.85. The van der Waals surface area contributed by atoms with Gasteiger partial charge in [0.1, 0.15) is 0 Å². The van der Waals surface area contributed by atoms with E-state index in [1.807, 2.05) is 37.4 Å². The molecular formula is C16H20N4O. The van der Waals surface area contributed by atoms with Crippen molar-refractivity contribution in [2.75, 3.05) is 7.05 Å². The third kappa shape index (κ3) is 4.03. The highest BCUT2D eigenvalue weighted by Crippen LogP contribution is 2.14. The predicted molar refractivity (Wildman–Crippen MR) is 83.1 cm³/mol. The summed E-state index contributed by atoms with van der Waals surface area (Å²) in [4.78, 5) is 6.35. The molecule has 5 nitrogen and oxygen atoms in total. The Morgan fingerprint density at radius 2 is 2.14 bits per heavy atom. The third-order valence-electron chi connectivity index (χ3n) is 3.36. The second-order valence-corrected chi connectivity index (χ2v) is 5.16. The standard InChI is InChI=1S/C16H20N4O/c1-12-8-14(16(17)19-21)5-6-15(12)11-20(2)10-13-4-3-7-18-9-13/h3-9,21H,10-11H2,1-2H3,(H2,17,19). The van der Waals surface area contributed by atoms with Crippen molar-refractivity contribution in [2.45, 2.75) is 20.0 Å². The van der Waals surface area contributed by atoms with E-state index in [0.717, 1.165) is 24.2 Å².